The number of hydrogen-bond acceptors (Lipinski definition) is 1. The van der Waals surface area contributed by atoms with Gasteiger partial charge in [0.25, 0.3) is 0 Å². The van der Waals surface area contributed by atoms with Crippen molar-refractivity contribution in [1.82, 2.24) is 4.98 Å². The summed E-state index contributed by atoms with van der Waals surface area (Å²) >= 11 is 3.55. The van der Waals surface area contributed by atoms with Crippen molar-refractivity contribution in [3.8, 4) is 5.75 Å². The Morgan fingerprint density at radius 1 is 0.923 bits per heavy atom. The van der Waals surface area contributed by atoms with Crippen molar-refractivity contribution in [2.24, 2.45) is 0 Å². The lowest BCUT2D eigenvalue weighted by Crippen LogP contribution is -2.06. The Kier molecular flexibility index (Phi) is 4.33. The quantitative estimate of drug-likeness (QED) is 0.404. The van der Waals surface area contributed by atoms with Gasteiger partial charge in [0.05, 0.1) is 5.92 Å². The number of phenolic OH excluding ortho intramolecular Hbond substituents is 1. The van der Waals surface area contributed by atoms with E-state index in [2.05, 4.69) is 65.1 Å². The van der Waals surface area contributed by atoms with Crippen molar-refractivity contribution < 1.29 is 5.11 Å². The van der Waals surface area contributed by atoms with Crippen LogP contribution in [0, 0.1) is 13.8 Å². The molecule has 1 unspecified atom stereocenters. The molecule has 0 aliphatic carbocycles. The number of hydrogen-bond donors (Lipinski definition) is 2. The average Bonchev–Trinajstić information content (AvgIpc) is 2.95. The second-order valence-electron chi connectivity index (χ2n) is 6.76. The molecule has 0 saturated carbocycles. The number of aromatic nitrogens is 1. The van der Waals surface area contributed by atoms with E-state index in [0.717, 1.165) is 26.8 Å². The van der Waals surface area contributed by atoms with Gasteiger partial charge >= 0.3 is 0 Å². The standard InChI is InChI=1S/C23H20BrNO/c1-14-8-10-18-15(2)23(25-20(18)12-14)22(16-6-4-3-5-7-16)19-13-17(24)9-11-21(19)26/h3-13,22,25-26H,1-2H3. The topological polar surface area (TPSA) is 36.0 Å². The Labute approximate surface area is 161 Å². The minimum atomic E-state index is -0.0681. The Morgan fingerprint density at radius 2 is 1.69 bits per heavy atom. The number of benzene rings is 3. The van der Waals surface area contributed by atoms with Crippen LogP contribution in [-0.2, 0) is 0 Å². The molecule has 1 heterocycles. The molecule has 0 fully saturated rings. The fraction of sp³-hybridized carbons (Fsp3) is 0.130. The molecule has 1 aromatic heterocycles. The third-order valence-electron chi connectivity index (χ3n) is 4.97. The normalized spacial score (nSPS) is 12.4. The first-order valence-corrected chi connectivity index (χ1v) is 9.46. The second kappa shape index (κ2) is 6.65. The molecule has 4 aromatic rings. The third-order valence-corrected chi connectivity index (χ3v) is 5.47. The summed E-state index contributed by atoms with van der Waals surface area (Å²) in [5.74, 6) is 0.234. The molecule has 0 spiro atoms. The molecule has 1 atom stereocenters. The molecule has 3 heteroatoms. The largest absolute Gasteiger partial charge is 0.508 e. The number of rotatable bonds is 3. The van der Waals surface area contributed by atoms with Crippen LogP contribution in [0.25, 0.3) is 10.9 Å². The lowest BCUT2D eigenvalue weighted by Gasteiger charge is -2.20. The molecule has 2 nitrogen and oxygen atoms in total. The number of phenols is 1. The number of H-pyrrole nitrogens is 1. The van der Waals surface area contributed by atoms with Crippen molar-refractivity contribution in [2.75, 3.05) is 0 Å². The molecule has 0 aliphatic heterocycles. The molecular weight excluding hydrogens is 386 g/mol. The third kappa shape index (κ3) is 2.93. The zero-order chi connectivity index (χ0) is 18.3. The zero-order valence-electron chi connectivity index (χ0n) is 14.8. The predicted octanol–water partition coefficient (Wildman–Crippen LogP) is 6.43. The van der Waals surface area contributed by atoms with Crippen LogP contribution in [0.4, 0.5) is 0 Å². The van der Waals surface area contributed by atoms with E-state index < -0.39 is 0 Å². The average molecular weight is 406 g/mol. The molecule has 130 valence electrons. The molecule has 0 aliphatic rings. The molecule has 0 bridgehead atoms. The van der Waals surface area contributed by atoms with E-state index in [0.29, 0.717) is 5.75 Å². The minimum absolute atomic E-state index is 0.0681. The maximum atomic E-state index is 10.6. The number of aromatic hydroxyl groups is 1. The smallest absolute Gasteiger partial charge is 0.119 e. The van der Waals surface area contributed by atoms with Crippen LogP contribution in [0.1, 0.15) is 33.9 Å². The van der Waals surface area contributed by atoms with Gasteiger partial charge in [-0.1, -0.05) is 58.4 Å². The van der Waals surface area contributed by atoms with Gasteiger partial charge in [-0.3, -0.25) is 0 Å². The summed E-state index contributed by atoms with van der Waals surface area (Å²) in [6, 6.07) is 22.4. The van der Waals surface area contributed by atoms with E-state index in [-0.39, 0.29) is 5.92 Å². The van der Waals surface area contributed by atoms with E-state index in [1.165, 1.54) is 16.5 Å². The highest BCUT2D eigenvalue weighted by Gasteiger charge is 2.24. The summed E-state index contributed by atoms with van der Waals surface area (Å²) in [4.78, 5) is 3.62. The molecule has 26 heavy (non-hydrogen) atoms. The van der Waals surface area contributed by atoms with Crippen LogP contribution in [0.15, 0.2) is 71.2 Å². The summed E-state index contributed by atoms with van der Waals surface area (Å²) in [7, 11) is 0. The molecular formula is C23H20BrNO. The van der Waals surface area contributed by atoms with Crippen LogP contribution in [0.2, 0.25) is 0 Å². The monoisotopic (exact) mass is 405 g/mol. The highest BCUT2D eigenvalue weighted by atomic mass is 79.9. The summed E-state index contributed by atoms with van der Waals surface area (Å²) in [6.07, 6.45) is 0. The first-order chi connectivity index (χ1) is 12.5. The van der Waals surface area contributed by atoms with Crippen LogP contribution in [0.5, 0.6) is 5.75 Å². The summed E-state index contributed by atoms with van der Waals surface area (Å²) in [5.41, 5.74) is 6.72. The molecule has 4 rings (SSSR count). The summed E-state index contributed by atoms with van der Waals surface area (Å²) in [5, 5.41) is 11.8. The number of nitrogens with one attached hydrogen (secondary N) is 1. The number of aryl methyl sites for hydroxylation is 2. The van der Waals surface area contributed by atoms with Crippen molar-refractivity contribution in [3.05, 3.63) is 99.2 Å². The lowest BCUT2D eigenvalue weighted by molar-refractivity contribution is 0.466. The van der Waals surface area contributed by atoms with E-state index in [9.17, 15) is 5.11 Å². The SMILES string of the molecule is Cc1ccc2c(C)c(C(c3ccccc3)c3cc(Br)ccc3O)[nH]c2c1. The van der Waals surface area contributed by atoms with Gasteiger partial charge in [-0.2, -0.15) is 0 Å². The first kappa shape index (κ1) is 16.9. The van der Waals surface area contributed by atoms with E-state index in [1.807, 2.05) is 30.3 Å². The summed E-state index contributed by atoms with van der Waals surface area (Å²) < 4.78 is 0.954. The van der Waals surface area contributed by atoms with Crippen LogP contribution >= 0.6 is 15.9 Å². The van der Waals surface area contributed by atoms with Crippen molar-refractivity contribution in [1.29, 1.82) is 0 Å². The highest BCUT2D eigenvalue weighted by Crippen LogP contribution is 2.40. The molecule has 3 aromatic carbocycles. The Balaban J connectivity index is 2.00. The number of aromatic amines is 1. The number of fused-ring (bicyclic) bond motifs is 1. The Morgan fingerprint density at radius 3 is 2.46 bits per heavy atom. The maximum absolute atomic E-state index is 10.6. The van der Waals surface area contributed by atoms with E-state index in [4.69, 9.17) is 0 Å². The van der Waals surface area contributed by atoms with Crippen molar-refractivity contribution in [2.45, 2.75) is 19.8 Å². The van der Waals surface area contributed by atoms with Crippen LogP contribution in [0.3, 0.4) is 0 Å². The lowest BCUT2D eigenvalue weighted by atomic mass is 9.86. The van der Waals surface area contributed by atoms with Gasteiger partial charge < -0.3 is 10.1 Å². The number of halogens is 1. The van der Waals surface area contributed by atoms with Gasteiger partial charge in [-0.25, -0.2) is 0 Å². The maximum Gasteiger partial charge on any atom is 0.119 e. The molecule has 0 amide bonds. The van der Waals surface area contributed by atoms with Gasteiger partial charge in [-0.15, -0.1) is 0 Å². The predicted molar refractivity (Wildman–Crippen MR) is 111 cm³/mol. The van der Waals surface area contributed by atoms with Crippen molar-refractivity contribution >= 4 is 26.8 Å². The van der Waals surface area contributed by atoms with E-state index in [1.54, 1.807) is 6.07 Å². The molecule has 0 saturated heterocycles. The van der Waals surface area contributed by atoms with Crippen molar-refractivity contribution in [3.63, 3.8) is 0 Å². The van der Waals surface area contributed by atoms with Gasteiger partial charge in [-0.05, 0) is 54.8 Å². The van der Waals surface area contributed by atoms with Crippen LogP contribution in [-0.4, -0.2) is 10.1 Å². The Hall–Kier alpha value is -2.52. The van der Waals surface area contributed by atoms with E-state index >= 15 is 0 Å². The highest BCUT2D eigenvalue weighted by molar-refractivity contribution is 9.10. The van der Waals surface area contributed by atoms with Gasteiger partial charge in [0, 0.05) is 26.6 Å². The molecule has 0 radical (unpaired) electrons. The fourth-order valence-electron chi connectivity index (χ4n) is 3.66. The van der Waals surface area contributed by atoms with Gasteiger partial charge in [0.1, 0.15) is 5.75 Å². The zero-order valence-corrected chi connectivity index (χ0v) is 16.3. The molecule has 2 N–H and O–H groups in total. The second-order valence-corrected chi connectivity index (χ2v) is 7.68. The van der Waals surface area contributed by atoms with Gasteiger partial charge in [0.2, 0.25) is 0 Å². The minimum Gasteiger partial charge on any atom is -0.508 e. The van der Waals surface area contributed by atoms with Crippen LogP contribution < -0.4 is 0 Å². The fourth-order valence-corrected chi connectivity index (χ4v) is 4.04. The van der Waals surface area contributed by atoms with Gasteiger partial charge in [0.15, 0.2) is 0 Å². The first-order valence-electron chi connectivity index (χ1n) is 8.67. The Bertz CT molecular complexity index is 1080. The summed E-state index contributed by atoms with van der Waals surface area (Å²) in [6.45, 7) is 4.25.